The number of hydrogen-bond donors (Lipinski definition) is 3. The van der Waals surface area contributed by atoms with Crippen molar-refractivity contribution in [3.63, 3.8) is 0 Å². The van der Waals surface area contributed by atoms with Crippen molar-refractivity contribution in [2.24, 2.45) is 0 Å². The molecule has 3 N–H and O–H groups in total. The molecule has 50 heavy (non-hydrogen) atoms. The van der Waals surface area contributed by atoms with E-state index in [1.165, 1.54) is 24.2 Å². The Balaban J connectivity index is 1.64. The number of nitrogens with zero attached hydrogens (tertiary/aromatic N) is 4. The SMILES string of the molecule is C=C1/C=C(\C=C/C)c2ccc(NC(=O)OCCOC)cc2N[C@@H](C(=O)OCC)CCCC[C@@H]1NC(=O)/C=C/c1cc(Cl)ccc1-n1cnnn1. The molecule has 2 heterocycles. The van der Waals surface area contributed by atoms with Gasteiger partial charge in [0.1, 0.15) is 19.0 Å². The molecule has 2 aromatic carbocycles. The number of nitrogens with one attached hydrogen (secondary N) is 3. The van der Waals surface area contributed by atoms with Crippen molar-refractivity contribution in [1.29, 1.82) is 0 Å². The van der Waals surface area contributed by atoms with Crippen molar-refractivity contribution in [2.75, 3.05) is 37.6 Å². The van der Waals surface area contributed by atoms with Gasteiger partial charge in [-0.3, -0.25) is 10.1 Å². The minimum Gasteiger partial charge on any atom is -0.464 e. The Morgan fingerprint density at radius 3 is 2.66 bits per heavy atom. The molecule has 13 nitrogen and oxygen atoms in total. The predicted molar refractivity (Wildman–Crippen MR) is 193 cm³/mol. The number of aromatic nitrogens is 4. The molecular formula is C36H42ClN7O6. The number of anilines is 2. The highest BCUT2D eigenvalue weighted by molar-refractivity contribution is 6.30. The number of halogens is 1. The van der Waals surface area contributed by atoms with Crippen molar-refractivity contribution in [2.45, 2.75) is 51.6 Å². The number of carbonyl (C=O) groups is 3. The first-order valence-corrected chi connectivity index (χ1v) is 16.6. The lowest BCUT2D eigenvalue weighted by Gasteiger charge is -2.25. The van der Waals surface area contributed by atoms with Gasteiger partial charge in [-0.1, -0.05) is 49.2 Å². The highest BCUT2D eigenvalue weighted by Crippen LogP contribution is 2.32. The molecule has 4 rings (SSSR count). The Morgan fingerprint density at radius 1 is 1.10 bits per heavy atom. The van der Waals surface area contributed by atoms with Gasteiger partial charge in [-0.25, -0.2) is 9.59 Å². The number of benzene rings is 2. The first-order valence-electron chi connectivity index (χ1n) is 16.3. The number of allylic oxidation sites excluding steroid dienone is 3. The molecule has 3 aromatic rings. The number of esters is 1. The van der Waals surface area contributed by atoms with Gasteiger partial charge >= 0.3 is 12.1 Å². The van der Waals surface area contributed by atoms with Crippen LogP contribution in [0.25, 0.3) is 17.3 Å². The number of carbonyl (C=O) groups excluding carboxylic acids is 3. The molecule has 0 spiro atoms. The molecule has 0 saturated heterocycles. The van der Waals surface area contributed by atoms with Crippen LogP contribution in [0.2, 0.25) is 5.02 Å². The van der Waals surface area contributed by atoms with E-state index in [1.54, 1.807) is 43.3 Å². The second kappa shape index (κ2) is 19.1. The third-order valence-corrected chi connectivity index (χ3v) is 7.92. The molecule has 0 aliphatic carbocycles. The summed E-state index contributed by atoms with van der Waals surface area (Å²) < 4.78 is 17.0. The smallest absolute Gasteiger partial charge is 0.411 e. The fraction of sp³-hybridized carbons (Fsp3) is 0.333. The van der Waals surface area contributed by atoms with Gasteiger partial charge in [0.2, 0.25) is 5.91 Å². The van der Waals surface area contributed by atoms with Crippen molar-refractivity contribution in [3.05, 3.63) is 95.3 Å². The first-order chi connectivity index (χ1) is 24.2. The van der Waals surface area contributed by atoms with Crippen LogP contribution in [-0.4, -0.2) is 77.2 Å². The number of hydrogen-bond acceptors (Lipinski definition) is 10. The number of fused-ring (bicyclic) bond motifs is 1. The number of tetrazole rings is 1. The van der Waals surface area contributed by atoms with E-state index >= 15 is 0 Å². The van der Waals surface area contributed by atoms with Gasteiger partial charge in [-0.15, -0.1) is 5.10 Å². The predicted octanol–water partition coefficient (Wildman–Crippen LogP) is 6.14. The fourth-order valence-electron chi connectivity index (χ4n) is 5.31. The lowest BCUT2D eigenvalue weighted by atomic mass is 9.93. The van der Waals surface area contributed by atoms with Crippen molar-refractivity contribution in [3.8, 4) is 5.69 Å². The fourth-order valence-corrected chi connectivity index (χ4v) is 5.49. The molecule has 2 atom stereocenters. The van der Waals surface area contributed by atoms with Crippen molar-refractivity contribution in [1.82, 2.24) is 25.5 Å². The third-order valence-electron chi connectivity index (χ3n) is 7.68. The maximum atomic E-state index is 13.3. The molecular weight excluding hydrogens is 662 g/mol. The van der Waals surface area contributed by atoms with Gasteiger partial charge in [-0.2, -0.15) is 4.68 Å². The highest BCUT2D eigenvalue weighted by atomic mass is 35.5. The van der Waals surface area contributed by atoms with E-state index in [0.29, 0.717) is 58.9 Å². The normalized spacial score (nSPS) is 17.8. The Labute approximate surface area is 296 Å². The molecule has 264 valence electrons. The Morgan fingerprint density at radius 2 is 1.92 bits per heavy atom. The lowest BCUT2D eigenvalue weighted by Crippen LogP contribution is -2.35. The third kappa shape index (κ3) is 10.9. The summed E-state index contributed by atoms with van der Waals surface area (Å²) in [5, 5.41) is 21.0. The van der Waals surface area contributed by atoms with Crippen LogP contribution in [0.4, 0.5) is 16.2 Å². The zero-order valence-corrected chi connectivity index (χ0v) is 29.1. The van der Waals surface area contributed by atoms with Gasteiger partial charge in [-0.05, 0) is 90.7 Å². The van der Waals surface area contributed by atoms with Gasteiger partial charge in [0.25, 0.3) is 0 Å². The zero-order chi connectivity index (χ0) is 35.9. The monoisotopic (exact) mass is 703 g/mol. The summed E-state index contributed by atoms with van der Waals surface area (Å²) in [6, 6.07) is 9.46. The van der Waals surface area contributed by atoms with E-state index in [-0.39, 0.29) is 31.7 Å². The summed E-state index contributed by atoms with van der Waals surface area (Å²) in [6.45, 7) is 8.60. The van der Waals surface area contributed by atoms with Crippen LogP contribution in [0.15, 0.2) is 79.2 Å². The lowest BCUT2D eigenvalue weighted by molar-refractivity contribution is -0.144. The standard InChI is InChI=1S/C36H42ClN7O6/c1-5-9-25-20-24(3)30(41-34(45)17-12-26-21-27(37)13-16-33(26)44-23-38-42-43-44)10-7-8-11-31(35(46)49-6-2)40-32-22-28(14-15-29(25)32)39-36(47)50-19-18-48-4/h5,9,12-17,20-23,30-31,40H,3,6-8,10-11,18-19H2,1-2,4H3,(H,39,47)(H,41,45)/b9-5-,17-12+,25-20+/t30-,31+/m0/s1. The molecule has 0 radical (unpaired) electrons. The van der Waals surface area contributed by atoms with Crippen LogP contribution in [0, 0.1) is 0 Å². The molecule has 0 saturated carbocycles. The Bertz CT molecular complexity index is 1740. The Hall–Kier alpha value is -5.27. The number of rotatable bonds is 11. The summed E-state index contributed by atoms with van der Waals surface area (Å²) in [7, 11) is 1.52. The van der Waals surface area contributed by atoms with Gasteiger partial charge in [0.15, 0.2) is 0 Å². The summed E-state index contributed by atoms with van der Waals surface area (Å²) in [6.07, 6.45) is 12.0. The van der Waals surface area contributed by atoms with Crippen LogP contribution in [-0.2, 0) is 23.8 Å². The largest absolute Gasteiger partial charge is 0.464 e. The van der Waals surface area contributed by atoms with E-state index in [0.717, 1.165) is 11.1 Å². The molecule has 2 amide bonds. The molecule has 0 fully saturated rings. The molecule has 0 bridgehead atoms. The van der Waals surface area contributed by atoms with Crippen molar-refractivity contribution < 1.29 is 28.6 Å². The van der Waals surface area contributed by atoms with Crippen LogP contribution in [0.1, 0.15) is 50.7 Å². The van der Waals surface area contributed by atoms with Crippen LogP contribution in [0.5, 0.6) is 0 Å². The van der Waals surface area contributed by atoms with E-state index in [1.807, 2.05) is 31.2 Å². The maximum absolute atomic E-state index is 13.3. The van der Waals surface area contributed by atoms with Gasteiger partial charge < -0.3 is 24.8 Å². The second-order valence-electron chi connectivity index (χ2n) is 11.3. The molecule has 0 unspecified atom stereocenters. The maximum Gasteiger partial charge on any atom is 0.411 e. The average Bonchev–Trinajstić information content (AvgIpc) is 3.63. The minimum atomic E-state index is -0.657. The molecule has 1 aromatic heterocycles. The summed E-state index contributed by atoms with van der Waals surface area (Å²) >= 11 is 6.25. The molecule has 1 aliphatic heterocycles. The first kappa shape index (κ1) is 37.5. The van der Waals surface area contributed by atoms with Crippen LogP contribution in [0.3, 0.4) is 0 Å². The average molecular weight is 704 g/mol. The van der Waals surface area contributed by atoms with E-state index < -0.39 is 18.2 Å². The summed E-state index contributed by atoms with van der Waals surface area (Å²) in [4.78, 5) is 38.8. The Kier molecular flexibility index (Phi) is 14.3. The van der Waals surface area contributed by atoms with Crippen LogP contribution < -0.4 is 16.0 Å². The topological polar surface area (TPSA) is 159 Å². The summed E-state index contributed by atoms with van der Waals surface area (Å²) in [5.41, 5.74) is 4.58. The second-order valence-corrected chi connectivity index (χ2v) is 11.7. The molecule has 1 aliphatic rings. The summed E-state index contributed by atoms with van der Waals surface area (Å²) in [5.74, 6) is -0.711. The number of amides is 2. The van der Waals surface area contributed by atoms with Gasteiger partial charge in [0, 0.05) is 40.7 Å². The van der Waals surface area contributed by atoms with E-state index in [9.17, 15) is 14.4 Å². The van der Waals surface area contributed by atoms with Gasteiger partial charge in [0.05, 0.1) is 24.9 Å². The van der Waals surface area contributed by atoms with Crippen LogP contribution >= 0.6 is 11.6 Å². The minimum absolute atomic E-state index is 0.0998. The highest BCUT2D eigenvalue weighted by Gasteiger charge is 2.24. The van der Waals surface area contributed by atoms with E-state index in [4.69, 9.17) is 25.8 Å². The van der Waals surface area contributed by atoms with E-state index in [2.05, 4.69) is 38.1 Å². The number of ether oxygens (including phenoxy) is 3. The molecule has 14 heteroatoms. The quantitative estimate of drug-likeness (QED) is 0.120. The number of methoxy groups -OCH3 is 1. The zero-order valence-electron chi connectivity index (χ0n) is 28.4. The van der Waals surface area contributed by atoms with Crippen molar-refractivity contribution >= 4 is 52.6 Å².